The first-order valence-electron chi connectivity index (χ1n) is 9.07. The molecule has 0 saturated heterocycles. The smallest absolute Gasteiger partial charge is 0.256 e. The van der Waals surface area contributed by atoms with Gasteiger partial charge in [-0.2, -0.15) is 10.2 Å². The molecule has 9 nitrogen and oxygen atoms in total. The van der Waals surface area contributed by atoms with Crippen LogP contribution in [0.3, 0.4) is 0 Å². The van der Waals surface area contributed by atoms with E-state index in [1.165, 1.54) is 11.0 Å². The molecule has 0 aliphatic heterocycles. The highest BCUT2D eigenvalue weighted by molar-refractivity contribution is 6.13. The zero-order chi connectivity index (χ0) is 19.3. The second-order valence-electron chi connectivity index (χ2n) is 6.95. The van der Waals surface area contributed by atoms with Gasteiger partial charge in [0.25, 0.3) is 5.91 Å². The van der Waals surface area contributed by atoms with Crippen LogP contribution in [0.4, 0.5) is 5.69 Å². The van der Waals surface area contributed by atoms with E-state index in [1.54, 1.807) is 29.3 Å². The number of aryl methyl sites for hydroxylation is 2. The molecule has 1 saturated carbocycles. The number of nitrogens with one attached hydrogen (secondary N) is 1. The van der Waals surface area contributed by atoms with Gasteiger partial charge in [0.05, 0.1) is 22.3 Å². The Balaban J connectivity index is 1.59. The highest BCUT2D eigenvalue weighted by Gasteiger charge is 2.28. The van der Waals surface area contributed by atoms with Gasteiger partial charge >= 0.3 is 0 Å². The van der Waals surface area contributed by atoms with Crippen LogP contribution in [0.5, 0.6) is 0 Å². The molecular weight excluding hydrogens is 356 g/mol. The lowest BCUT2D eigenvalue weighted by molar-refractivity contribution is 0.102. The van der Waals surface area contributed by atoms with E-state index in [4.69, 9.17) is 4.98 Å². The Morgan fingerprint density at radius 2 is 2.18 bits per heavy atom. The second-order valence-corrected chi connectivity index (χ2v) is 6.95. The van der Waals surface area contributed by atoms with E-state index < -0.39 is 0 Å². The van der Waals surface area contributed by atoms with E-state index in [2.05, 4.69) is 25.5 Å². The predicted molar refractivity (Wildman–Crippen MR) is 102 cm³/mol. The highest BCUT2D eigenvalue weighted by atomic mass is 16.1. The number of fused-ring (bicyclic) bond motifs is 1. The molecule has 1 aliphatic carbocycles. The largest absolute Gasteiger partial charge is 0.319 e. The van der Waals surface area contributed by atoms with Crippen LogP contribution in [-0.2, 0) is 7.05 Å². The molecular formula is C19H18N8O. The number of rotatable bonds is 4. The summed E-state index contributed by atoms with van der Waals surface area (Å²) in [4.78, 5) is 26.3. The summed E-state index contributed by atoms with van der Waals surface area (Å²) in [6, 6.07) is 5.46. The van der Waals surface area contributed by atoms with Crippen LogP contribution in [0.1, 0.15) is 40.5 Å². The van der Waals surface area contributed by atoms with Crippen LogP contribution < -0.4 is 5.32 Å². The van der Waals surface area contributed by atoms with Gasteiger partial charge in [0.1, 0.15) is 12.7 Å². The van der Waals surface area contributed by atoms with Crippen molar-refractivity contribution in [1.82, 2.24) is 34.5 Å². The Hall–Kier alpha value is -3.62. The van der Waals surface area contributed by atoms with Gasteiger partial charge in [-0.1, -0.05) is 0 Å². The number of hydrogen-bond donors (Lipinski definition) is 1. The third kappa shape index (κ3) is 2.72. The number of aromatic nitrogens is 7. The first-order valence-corrected chi connectivity index (χ1v) is 9.07. The number of hydrogen-bond acceptors (Lipinski definition) is 6. The molecule has 1 aliphatic rings. The first-order chi connectivity index (χ1) is 13.6. The van der Waals surface area contributed by atoms with Crippen LogP contribution in [0.15, 0.2) is 37.1 Å². The molecule has 28 heavy (non-hydrogen) atoms. The van der Waals surface area contributed by atoms with Crippen LogP contribution in [-0.4, -0.2) is 40.4 Å². The van der Waals surface area contributed by atoms with Crippen molar-refractivity contribution in [2.75, 3.05) is 5.32 Å². The maximum absolute atomic E-state index is 13.3. The average Bonchev–Trinajstić information content (AvgIpc) is 3.33. The summed E-state index contributed by atoms with van der Waals surface area (Å²) < 4.78 is 3.25. The van der Waals surface area contributed by atoms with Crippen molar-refractivity contribution in [3.05, 3.63) is 54.0 Å². The van der Waals surface area contributed by atoms with Crippen molar-refractivity contribution in [2.45, 2.75) is 25.7 Å². The van der Waals surface area contributed by atoms with E-state index in [1.807, 2.05) is 20.0 Å². The minimum atomic E-state index is -0.222. The summed E-state index contributed by atoms with van der Waals surface area (Å²) in [5, 5.41) is 12.3. The van der Waals surface area contributed by atoms with Gasteiger partial charge in [0.15, 0.2) is 11.5 Å². The van der Waals surface area contributed by atoms with Crippen molar-refractivity contribution >= 4 is 22.6 Å². The lowest BCUT2D eigenvalue weighted by Crippen LogP contribution is -2.16. The number of carbonyl (C=O) groups is 1. The monoisotopic (exact) mass is 374 g/mol. The quantitative estimate of drug-likeness (QED) is 0.588. The van der Waals surface area contributed by atoms with E-state index in [9.17, 15) is 4.79 Å². The number of nitrogens with zero attached hydrogens (tertiary/aromatic N) is 7. The summed E-state index contributed by atoms with van der Waals surface area (Å²) in [6.07, 6.45) is 6.82. The summed E-state index contributed by atoms with van der Waals surface area (Å²) in [7, 11) is 1.85. The van der Waals surface area contributed by atoms with Crippen molar-refractivity contribution in [3.63, 3.8) is 0 Å². The molecule has 4 heterocycles. The second kappa shape index (κ2) is 6.22. The zero-order valence-corrected chi connectivity index (χ0v) is 15.5. The molecule has 0 unspecified atom stereocenters. The van der Waals surface area contributed by atoms with Crippen molar-refractivity contribution in [2.24, 2.45) is 7.05 Å². The van der Waals surface area contributed by atoms with Crippen LogP contribution >= 0.6 is 0 Å². The number of carbonyl (C=O) groups excluding carboxylic acids is 1. The lowest BCUT2D eigenvalue weighted by atomic mass is 10.1. The molecule has 0 spiro atoms. The normalized spacial score (nSPS) is 13.8. The third-order valence-electron chi connectivity index (χ3n) is 4.90. The van der Waals surface area contributed by atoms with Crippen molar-refractivity contribution in [3.8, 4) is 5.82 Å². The van der Waals surface area contributed by atoms with Crippen LogP contribution in [0.2, 0.25) is 0 Å². The summed E-state index contributed by atoms with van der Waals surface area (Å²) in [6.45, 7) is 1.89. The molecule has 5 rings (SSSR count). The minimum Gasteiger partial charge on any atom is -0.319 e. The predicted octanol–water partition coefficient (Wildman–Crippen LogP) is 2.38. The standard InChI is InChI=1S/C19H18N8O/c1-11-16-13(8-15(12-5-6-12)23-18(16)26(2)25-11)19(28)24-14-4-3-7-21-17(14)27-10-20-9-22-27/h3-4,7-10,12H,5-6H2,1-2H3,(H,24,28). The van der Waals surface area contributed by atoms with Crippen LogP contribution in [0, 0.1) is 6.92 Å². The summed E-state index contributed by atoms with van der Waals surface area (Å²) in [5.41, 5.74) is 3.58. The van der Waals surface area contributed by atoms with Crippen LogP contribution in [0.25, 0.3) is 16.9 Å². The Kier molecular flexibility index (Phi) is 3.68. The van der Waals surface area contributed by atoms with Gasteiger partial charge in [-0.3, -0.25) is 9.48 Å². The van der Waals surface area contributed by atoms with Gasteiger partial charge in [0, 0.05) is 24.9 Å². The maximum Gasteiger partial charge on any atom is 0.256 e. The zero-order valence-electron chi connectivity index (χ0n) is 15.5. The Bertz CT molecular complexity index is 1190. The molecule has 1 amide bonds. The minimum absolute atomic E-state index is 0.222. The Labute approximate surface area is 160 Å². The van der Waals surface area contributed by atoms with Crippen molar-refractivity contribution < 1.29 is 4.79 Å². The fourth-order valence-electron chi connectivity index (χ4n) is 3.42. The first kappa shape index (κ1) is 16.5. The molecule has 0 bridgehead atoms. The van der Waals surface area contributed by atoms with E-state index >= 15 is 0 Å². The highest BCUT2D eigenvalue weighted by Crippen LogP contribution is 2.40. The average molecular weight is 374 g/mol. The Morgan fingerprint density at radius 3 is 2.93 bits per heavy atom. The number of pyridine rings is 2. The molecule has 1 N–H and O–H groups in total. The SMILES string of the molecule is Cc1nn(C)c2nc(C3CC3)cc(C(=O)Nc3cccnc3-n3cncn3)c12. The van der Waals surface area contributed by atoms with Gasteiger partial charge in [-0.25, -0.2) is 19.6 Å². The van der Waals surface area contributed by atoms with Gasteiger partial charge in [-0.15, -0.1) is 0 Å². The molecule has 140 valence electrons. The molecule has 4 aromatic heterocycles. The van der Waals surface area contributed by atoms with Crippen molar-refractivity contribution in [1.29, 1.82) is 0 Å². The summed E-state index contributed by atoms with van der Waals surface area (Å²) in [5.74, 6) is 0.707. The van der Waals surface area contributed by atoms with Gasteiger partial charge in [-0.05, 0) is 38.0 Å². The molecule has 0 aromatic carbocycles. The maximum atomic E-state index is 13.3. The fraction of sp³-hybridized carbons (Fsp3) is 0.263. The van der Waals surface area contributed by atoms with Gasteiger partial charge < -0.3 is 5.32 Å². The van der Waals surface area contributed by atoms with E-state index in [0.29, 0.717) is 23.0 Å². The third-order valence-corrected chi connectivity index (χ3v) is 4.90. The van der Waals surface area contributed by atoms with E-state index in [0.717, 1.165) is 35.3 Å². The molecule has 0 radical (unpaired) electrons. The lowest BCUT2D eigenvalue weighted by Gasteiger charge is -2.11. The molecule has 9 heteroatoms. The topological polar surface area (TPSA) is 103 Å². The summed E-state index contributed by atoms with van der Waals surface area (Å²) >= 11 is 0. The number of amides is 1. The molecule has 0 atom stereocenters. The van der Waals surface area contributed by atoms with Gasteiger partial charge in [0.2, 0.25) is 0 Å². The number of anilines is 1. The fourth-order valence-corrected chi connectivity index (χ4v) is 3.42. The van der Waals surface area contributed by atoms with E-state index in [-0.39, 0.29) is 5.91 Å². The Morgan fingerprint density at radius 1 is 1.32 bits per heavy atom. The molecule has 1 fully saturated rings. The molecule has 4 aromatic rings.